The highest BCUT2D eigenvalue weighted by atomic mass is 15.2. The maximum Gasteiger partial charge on any atom is 0.0488 e. The Kier molecular flexibility index (Phi) is 6.91. The number of unbranched alkanes of at least 4 members (excludes halogenated alkanes) is 1. The Bertz CT molecular complexity index is 313. The summed E-state index contributed by atoms with van der Waals surface area (Å²) < 4.78 is 0. The highest BCUT2D eigenvalue weighted by molar-refractivity contribution is 5.14. The van der Waals surface area contributed by atoms with Crippen LogP contribution in [0.1, 0.15) is 51.6 Å². The summed E-state index contributed by atoms with van der Waals surface area (Å²) in [6.45, 7) is 8.52. The van der Waals surface area contributed by atoms with E-state index in [0.29, 0.717) is 18.6 Å². The van der Waals surface area contributed by atoms with Crippen molar-refractivity contribution in [3.8, 4) is 0 Å². The average molecular weight is 249 g/mol. The monoisotopic (exact) mass is 249 g/mol. The second kappa shape index (κ2) is 8.22. The molecular weight excluding hydrogens is 222 g/mol. The molecular formula is C15H27N3. The maximum atomic E-state index is 6.00. The van der Waals surface area contributed by atoms with Crippen molar-refractivity contribution in [1.29, 1.82) is 0 Å². The molecule has 1 heterocycles. The summed E-state index contributed by atoms with van der Waals surface area (Å²) in [5.74, 6) is 0. The van der Waals surface area contributed by atoms with Crippen LogP contribution in [0.2, 0.25) is 0 Å². The topological polar surface area (TPSA) is 42.1 Å². The van der Waals surface area contributed by atoms with Crippen LogP contribution in [0, 0.1) is 0 Å². The van der Waals surface area contributed by atoms with Crippen LogP contribution in [0.3, 0.4) is 0 Å². The summed E-state index contributed by atoms with van der Waals surface area (Å²) in [7, 11) is 0. The van der Waals surface area contributed by atoms with E-state index in [1.54, 1.807) is 0 Å². The summed E-state index contributed by atoms with van der Waals surface area (Å²) in [4.78, 5) is 6.75. The van der Waals surface area contributed by atoms with Gasteiger partial charge in [-0.15, -0.1) is 0 Å². The third-order valence-corrected chi connectivity index (χ3v) is 3.62. The average Bonchev–Trinajstić information content (AvgIpc) is 2.43. The summed E-state index contributed by atoms with van der Waals surface area (Å²) >= 11 is 0. The number of hydrogen-bond donors (Lipinski definition) is 1. The number of nitrogens with two attached hydrogens (primary N) is 1. The van der Waals surface area contributed by atoms with Crippen LogP contribution in [0.15, 0.2) is 24.5 Å². The lowest BCUT2D eigenvalue weighted by Crippen LogP contribution is -2.40. The largest absolute Gasteiger partial charge is 0.329 e. The first-order valence-corrected chi connectivity index (χ1v) is 7.10. The third kappa shape index (κ3) is 4.07. The minimum Gasteiger partial charge on any atom is -0.329 e. The van der Waals surface area contributed by atoms with Gasteiger partial charge in [0.15, 0.2) is 0 Å². The van der Waals surface area contributed by atoms with Crippen LogP contribution < -0.4 is 5.73 Å². The van der Waals surface area contributed by atoms with E-state index >= 15 is 0 Å². The van der Waals surface area contributed by atoms with E-state index < -0.39 is 0 Å². The van der Waals surface area contributed by atoms with Crippen LogP contribution in [-0.4, -0.2) is 29.0 Å². The Balaban J connectivity index is 2.86. The summed E-state index contributed by atoms with van der Waals surface area (Å²) in [6.07, 6.45) is 7.36. The van der Waals surface area contributed by atoms with Crippen molar-refractivity contribution in [3.63, 3.8) is 0 Å². The quantitative estimate of drug-likeness (QED) is 0.770. The van der Waals surface area contributed by atoms with Gasteiger partial charge in [0, 0.05) is 31.0 Å². The van der Waals surface area contributed by atoms with E-state index in [1.807, 2.05) is 18.5 Å². The molecule has 0 saturated carbocycles. The first-order valence-electron chi connectivity index (χ1n) is 7.10. The van der Waals surface area contributed by atoms with E-state index in [4.69, 9.17) is 5.73 Å². The molecule has 0 saturated heterocycles. The molecule has 0 bridgehead atoms. The van der Waals surface area contributed by atoms with Gasteiger partial charge in [-0.3, -0.25) is 9.88 Å². The van der Waals surface area contributed by atoms with Gasteiger partial charge in [0.1, 0.15) is 0 Å². The fraction of sp³-hybridized carbons (Fsp3) is 0.667. The molecule has 2 N–H and O–H groups in total. The SMILES string of the molecule is CCCCN(C(C)CC)C(CN)c1cccnc1. The van der Waals surface area contributed by atoms with Crippen molar-refractivity contribution in [3.05, 3.63) is 30.1 Å². The molecule has 2 atom stereocenters. The minimum absolute atomic E-state index is 0.292. The van der Waals surface area contributed by atoms with Crippen molar-refractivity contribution < 1.29 is 0 Å². The van der Waals surface area contributed by atoms with E-state index in [9.17, 15) is 0 Å². The molecule has 3 heteroatoms. The fourth-order valence-corrected chi connectivity index (χ4v) is 2.29. The first kappa shape index (κ1) is 15.1. The Hall–Kier alpha value is -0.930. The van der Waals surface area contributed by atoms with Crippen molar-refractivity contribution in [2.24, 2.45) is 5.73 Å². The first-order chi connectivity index (χ1) is 8.74. The molecule has 0 spiro atoms. The number of rotatable bonds is 8. The number of aromatic nitrogens is 1. The van der Waals surface area contributed by atoms with Crippen LogP contribution in [0.25, 0.3) is 0 Å². The summed E-state index contributed by atoms with van der Waals surface area (Å²) in [5, 5.41) is 0. The van der Waals surface area contributed by atoms with Crippen LogP contribution in [-0.2, 0) is 0 Å². The Labute approximate surface area is 111 Å². The predicted octanol–water partition coefficient (Wildman–Crippen LogP) is 2.98. The van der Waals surface area contributed by atoms with Gasteiger partial charge in [-0.25, -0.2) is 0 Å². The normalized spacial score (nSPS) is 14.7. The molecule has 0 aliphatic heterocycles. The summed E-state index contributed by atoms with van der Waals surface area (Å²) in [6, 6.07) is 4.98. The smallest absolute Gasteiger partial charge is 0.0488 e. The van der Waals surface area contributed by atoms with E-state index in [2.05, 4.69) is 36.7 Å². The van der Waals surface area contributed by atoms with Gasteiger partial charge >= 0.3 is 0 Å². The van der Waals surface area contributed by atoms with E-state index in [1.165, 1.54) is 18.4 Å². The predicted molar refractivity (Wildman–Crippen MR) is 77.4 cm³/mol. The van der Waals surface area contributed by atoms with Crippen molar-refractivity contribution in [2.45, 2.75) is 52.1 Å². The second-order valence-electron chi connectivity index (χ2n) is 4.89. The highest BCUT2D eigenvalue weighted by Gasteiger charge is 2.22. The lowest BCUT2D eigenvalue weighted by atomic mass is 10.0. The molecule has 3 nitrogen and oxygen atoms in total. The molecule has 102 valence electrons. The zero-order valence-corrected chi connectivity index (χ0v) is 12.0. The van der Waals surface area contributed by atoms with Crippen molar-refractivity contribution in [2.75, 3.05) is 13.1 Å². The molecule has 0 aromatic carbocycles. The zero-order valence-electron chi connectivity index (χ0n) is 12.0. The van der Waals surface area contributed by atoms with Crippen LogP contribution >= 0.6 is 0 Å². The van der Waals surface area contributed by atoms with Crippen molar-refractivity contribution in [1.82, 2.24) is 9.88 Å². The molecule has 0 fully saturated rings. The molecule has 1 aromatic heterocycles. The van der Waals surface area contributed by atoms with Crippen molar-refractivity contribution >= 4 is 0 Å². The lowest BCUT2D eigenvalue weighted by Gasteiger charge is -2.35. The van der Waals surface area contributed by atoms with Gasteiger partial charge in [-0.2, -0.15) is 0 Å². The molecule has 18 heavy (non-hydrogen) atoms. The van der Waals surface area contributed by atoms with Gasteiger partial charge in [0.25, 0.3) is 0 Å². The van der Waals surface area contributed by atoms with Gasteiger partial charge in [-0.1, -0.05) is 26.3 Å². The summed E-state index contributed by atoms with van der Waals surface area (Å²) in [5.41, 5.74) is 7.23. The zero-order chi connectivity index (χ0) is 13.4. The molecule has 0 aliphatic carbocycles. The second-order valence-corrected chi connectivity index (χ2v) is 4.89. The number of pyridine rings is 1. The third-order valence-electron chi connectivity index (χ3n) is 3.62. The maximum absolute atomic E-state index is 6.00. The molecule has 1 aromatic rings. The molecule has 0 amide bonds. The van der Waals surface area contributed by atoms with E-state index in [-0.39, 0.29) is 0 Å². The fourth-order valence-electron chi connectivity index (χ4n) is 2.29. The molecule has 1 rings (SSSR count). The van der Waals surface area contributed by atoms with E-state index in [0.717, 1.165) is 13.0 Å². The Morgan fingerprint density at radius 3 is 2.67 bits per heavy atom. The molecule has 0 radical (unpaired) electrons. The number of nitrogens with zero attached hydrogens (tertiary/aromatic N) is 2. The lowest BCUT2D eigenvalue weighted by molar-refractivity contribution is 0.140. The number of hydrogen-bond acceptors (Lipinski definition) is 3. The Morgan fingerprint density at radius 1 is 1.39 bits per heavy atom. The van der Waals surface area contributed by atoms with Gasteiger partial charge < -0.3 is 5.73 Å². The van der Waals surface area contributed by atoms with Crippen LogP contribution in [0.5, 0.6) is 0 Å². The molecule has 2 unspecified atom stereocenters. The van der Waals surface area contributed by atoms with Gasteiger partial charge in [0.2, 0.25) is 0 Å². The Morgan fingerprint density at radius 2 is 2.17 bits per heavy atom. The molecule has 0 aliphatic rings. The standard InChI is InChI=1S/C15H27N3/c1-4-6-10-18(13(3)5-2)15(11-16)14-8-7-9-17-12-14/h7-9,12-13,15H,4-6,10-11,16H2,1-3H3. The van der Waals surface area contributed by atoms with Crippen LogP contribution in [0.4, 0.5) is 0 Å². The van der Waals surface area contributed by atoms with Gasteiger partial charge in [0.05, 0.1) is 0 Å². The minimum atomic E-state index is 0.292. The van der Waals surface area contributed by atoms with Gasteiger partial charge in [-0.05, 0) is 37.9 Å². The highest BCUT2D eigenvalue weighted by Crippen LogP contribution is 2.23.